The van der Waals surface area contributed by atoms with Crippen molar-refractivity contribution in [2.45, 2.75) is 32.7 Å². The third-order valence-electron chi connectivity index (χ3n) is 5.26. The molecular formula is C20H32N2O3S. The third-order valence-corrected chi connectivity index (χ3v) is 5.87. The Morgan fingerprint density at radius 1 is 1.42 bits per heavy atom. The van der Waals surface area contributed by atoms with Crippen molar-refractivity contribution in [2.75, 3.05) is 38.8 Å². The van der Waals surface area contributed by atoms with E-state index in [-0.39, 0.29) is 11.7 Å². The van der Waals surface area contributed by atoms with E-state index in [2.05, 4.69) is 23.4 Å². The number of nitrogens with zero attached hydrogens (tertiary/aromatic N) is 1. The molecule has 1 saturated heterocycles. The predicted octanol–water partition coefficient (Wildman–Crippen LogP) is 3.12. The van der Waals surface area contributed by atoms with E-state index in [4.69, 9.17) is 4.74 Å². The van der Waals surface area contributed by atoms with E-state index >= 15 is 0 Å². The van der Waals surface area contributed by atoms with Crippen LogP contribution in [0.4, 0.5) is 0 Å². The molecule has 1 fully saturated rings. The number of hydrogen-bond acceptors (Lipinski definition) is 5. The SMILES string of the molecule is CC[C@@H]1CN(Cc2ccc(OC)cc2O)CC[C@H]1CC(=O)NCCSC. The van der Waals surface area contributed by atoms with Gasteiger partial charge in [-0.3, -0.25) is 9.69 Å². The summed E-state index contributed by atoms with van der Waals surface area (Å²) in [6.07, 6.45) is 4.79. The molecule has 0 saturated carbocycles. The number of phenols is 1. The van der Waals surface area contributed by atoms with Crippen molar-refractivity contribution in [1.82, 2.24) is 10.2 Å². The van der Waals surface area contributed by atoms with Crippen LogP contribution in [0.15, 0.2) is 18.2 Å². The van der Waals surface area contributed by atoms with Crippen LogP contribution in [0.5, 0.6) is 11.5 Å². The molecule has 1 aliphatic heterocycles. The van der Waals surface area contributed by atoms with Crippen LogP contribution in [0, 0.1) is 11.8 Å². The molecule has 0 aliphatic carbocycles. The summed E-state index contributed by atoms with van der Waals surface area (Å²) in [5.41, 5.74) is 0.925. The van der Waals surface area contributed by atoms with Gasteiger partial charge < -0.3 is 15.2 Å². The normalized spacial score (nSPS) is 20.7. The second-order valence-corrected chi connectivity index (χ2v) is 7.98. The minimum Gasteiger partial charge on any atom is -0.507 e. The first-order valence-corrected chi connectivity index (χ1v) is 10.8. The van der Waals surface area contributed by atoms with E-state index in [0.717, 1.165) is 50.3 Å². The van der Waals surface area contributed by atoms with E-state index in [1.54, 1.807) is 24.9 Å². The molecule has 1 aromatic carbocycles. The fraction of sp³-hybridized carbons (Fsp3) is 0.650. The number of thioether (sulfide) groups is 1. The van der Waals surface area contributed by atoms with Crippen molar-refractivity contribution >= 4 is 17.7 Å². The summed E-state index contributed by atoms with van der Waals surface area (Å²) in [5.74, 6) is 3.08. The van der Waals surface area contributed by atoms with Gasteiger partial charge in [0, 0.05) is 43.4 Å². The van der Waals surface area contributed by atoms with Crippen LogP contribution in [0.2, 0.25) is 0 Å². The van der Waals surface area contributed by atoms with E-state index in [0.29, 0.717) is 24.0 Å². The first kappa shape index (κ1) is 20.9. The number of rotatable bonds is 9. The molecular weight excluding hydrogens is 348 g/mol. The number of aromatic hydroxyl groups is 1. The fourth-order valence-electron chi connectivity index (χ4n) is 3.68. The number of hydrogen-bond donors (Lipinski definition) is 2. The molecule has 146 valence electrons. The monoisotopic (exact) mass is 380 g/mol. The minimum atomic E-state index is 0.184. The average Bonchev–Trinajstić information content (AvgIpc) is 2.64. The van der Waals surface area contributed by atoms with Gasteiger partial charge in [-0.2, -0.15) is 11.8 Å². The van der Waals surface area contributed by atoms with Crippen molar-refractivity contribution in [3.05, 3.63) is 23.8 Å². The molecule has 5 nitrogen and oxygen atoms in total. The van der Waals surface area contributed by atoms with E-state index in [1.807, 2.05) is 12.1 Å². The summed E-state index contributed by atoms with van der Waals surface area (Å²) < 4.78 is 5.15. The van der Waals surface area contributed by atoms with Crippen molar-refractivity contribution in [3.63, 3.8) is 0 Å². The van der Waals surface area contributed by atoms with Gasteiger partial charge in [0.05, 0.1) is 7.11 Å². The highest BCUT2D eigenvalue weighted by atomic mass is 32.2. The second-order valence-electron chi connectivity index (χ2n) is 6.99. The molecule has 2 rings (SSSR count). The zero-order chi connectivity index (χ0) is 18.9. The zero-order valence-corrected chi connectivity index (χ0v) is 17.0. The number of benzene rings is 1. The summed E-state index contributed by atoms with van der Waals surface area (Å²) in [5, 5.41) is 13.2. The lowest BCUT2D eigenvalue weighted by Gasteiger charge is -2.38. The van der Waals surface area contributed by atoms with Crippen molar-refractivity contribution in [3.8, 4) is 11.5 Å². The van der Waals surface area contributed by atoms with Crippen LogP contribution in [-0.2, 0) is 11.3 Å². The van der Waals surface area contributed by atoms with Crippen LogP contribution in [-0.4, -0.2) is 54.7 Å². The maximum atomic E-state index is 12.1. The lowest BCUT2D eigenvalue weighted by molar-refractivity contribution is -0.122. The Hall–Kier alpha value is -1.40. The molecule has 1 heterocycles. The van der Waals surface area contributed by atoms with Crippen LogP contribution in [0.1, 0.15) is 31.7 Å². The minimum absolute atomic E-state index is 0.184. The zero-order valence-electron chi connectivity index (χ0n) is 16.2. The second kappa shape index (κ2) is 10.7. The highest BCUT2D eigenvalue weighted by molar-refractivity contribution is 7.98. The molecule has 2 N–H and O–H groups in total. The summed E-state index contributed by atoms with van der Waals surface area (Å²) in [7, 11) is 1.60. The number of ether oxygens (including phenoxy) is 1. The predicted molar refractivity (Wildman–Crippen MR) is 108 cm³/mol. The van der Waals surface area contributed by atoms with E-state index in [1.165, 1.54) is 0 Å². The number of phenolic OH excluding ortho intramolecular Hbond substituents is 1. The van der Waals surface area contributed by atoms with Gasteiger partial charge in [-0.15, -0.1) is 0 Å². The van der Waals surface area contributed by atoms with Crippen molar-refractivity contribution in [1.29, 1.82) is 0 Å². The van der Waals surface area contributed by atoms with Gasteiger partial charge in [-0.1, -0.05) is 19.4 Å². The van der Waals surface area contributed by atoms with E-state index < -0.39 is 0 Å². The Bertz CT molecular complexity index is 582. The Balaban J connectivity index is 1.87. The lowest BCUT2D eigenvalue weighted by Crippen LogP contribution is -2.41. The van der Waals surface area contributed by atoms with Gasteiger partial charge in [0.25, 0.3) is 0 Å². The Kier molecular flexibility index (Phi) is 8.59. The van der Waals surface area contributed by atoms with Crippen molar-refractivity contribution in [2.24, 2.45) is 11.8 Å². The van der Waals surface area contributed by atoms with Gasteiger partial charge in [-0.25, -0.2) is 0 Å². The topological polar surface area (TPSA) is 61.8 Å². The Morgan fingerprint density at radius 3 is 2.88 bits per heavy atom. The molecule has 6 heteroatoms. The molecule has 0 unspecified atom stereocenters. The summed E-state index contributed by atoms with van der Waals surface area (Å²) in [4.78, 5) is 14.5. The maximum absolute atomic E-state index is 12.1. The molecule has 1 aromatic rings. The molecule has 1 aliphatic rings. The van der Waals surface area contributed by atoms with Crippen molar-refractivity contribution < 1.29 is 14.6 Å². The lowest BCUT2D eigenvalue weighted by atomic mass is 9.81. The number of carbonyl (C=O) groups is 1. The average molecular weight is 381 g/mol. The number of likely N-dealkylation sites (tertiary alicyclic amines) is 1. The number of methoxy groups -OCH3 is 1. The van der Waals surface area contributed by atoms with Crippen LogP contribution >= 0.6 is 11.8 Å². The van der Waals surface area contributed by atoms with Gasteiger partial charge in [0.15, 0.2) is 0 Å². The molecule has 0 spiro atoms. The van der Waals surface area contributed by atoms with Gasteiger partial charge >= 0.3 is 0 Å². The standard InChI is InChI=1S/C20H32N2O3S/c1-4-15-13-22(14-17-5-6-18(25-2)12-19(17)23)9-7-16(15)11-20(24)21-8-10-26-3/h5-6,12,15-16,23H,4,7-11,13-14H2,1-3H3,(H,21,24)/t15-,16+/m1/s1. The molecule has 26 heavy (non-hydrogen) atoms. The summed E-state index contributed by atoms with van der Waals surface area (Å²) >= 11 is 1.75. The molecule has 2 atom stereocenters. The molecule has 0 aromatic heterocycles. The summed E-state index contributed by atoms with van der Waals surface area (Å²) in [6, 6.07) is 5.48. The first-order chi connectivity index (χ1) is 12.6. The van der Waals surface area contributed by atoms with Crippen LogP contribution in [0.3, 0.4) is 0 Å². The highest BCUT2D eigenvalue weighted by Crippen LogP contribution is 2.31. The van der Waals surface area contributed by atoms with Gasteiger partial charge in [0.1, 0.15) is 11.5 Å². The number of carbonyl (C=O) groups excluding carboxylic acids is 1. The van der Waals surface area contributed by atoms with Gasteiger partial charge in [0.2, 0.25) is 5.91 Å². The molecule has 0 radical (unpaired) electrons. The smallest absolute Gasteiger partial charge is 0.220 e. The molecule has 1 amide bonds. The molecule has 0 bridgehead atoms. The first-order valence-electron chi connectivity index (χ1n) is 9.41. The fourth-order valence-corrected chi connectivity index (χ4v) is 3.99. The Labute approximate surface area is 161 Å². The number of piperidine rings is 1. The largest absolute Gasteiger partial charge is 0.507 e. The number of amides is 1. The Morgan fingerprint density at radius 2 is 2.23 bits per heavy atom. The van der Waals surface area contributed by atoms with Gasteiger partial charge in [-0.05, 0) is 37.1 Å². The summed E-state index contributed by atoms with van der Waals surface area (Å²) in [6.45, 7) is 5.64. The highest BCUT2D eigenvalue weighted by Gasteiger charge is 2.29. The van der Waals surface area contributed by atoms with E-state index in [9.17, 15) is 9.90 Å². The quantitative estimate of drug-likeness (QED) is 0.645. The third kappa shape index (κ3) is 6.09. The number of nitrogens with one attached hydrogen (secondary N) is 1. The van der Waals surface area contributed by atoms with Crippen LogP contribution < -0.4 is 10.1 Å². The maximum Gasteiger partial charge on any atom is 0.220 e. The van der Waals surface area contributed by atoms with Crippen LogP contribution in [0.25, 0.3) is 0 Å².